The van der Waals surface area contributed by atoms with E-state index in [0.29, 0.717) is 26.0 Å². The number of carboxylic acid groups (broad SMARTS) is 1. The molecule has 1 aromatic heterocycles. The van der Waals surface area contributed by atoms with E-state index in [1.165, 1.54) is 12.4 Å². The van der Waals surface area contributed by atoms with Gasteiger partial charge in [-0.25, -0.2) is 14.8 Å². The van der Waals surface area contributed by atoms with Gasteiger partial charge in [0.05, 0.1) is 19.3 Å². The van der Waals surface area contributed by atoms with Crippen LogP contribution in [0.2, 0.25) is 0 Å². The zero-order chi connectivity index (χ0) is 17.7. The molecule has 25 heavy (non-hydrogen) atoms. The van der Waals surface area contributed by atoms with E-state index < -0.39 is 5.97 Å². The van der Waals surface area contributed by atoms with Crippen LogP contribution in [0, 0.1) is 5.41 Å². The van der Waals surface area contributed by atoms with Gasteiger partial charge in [0.2, 0.25) is 0 Å². The van der Waals surface area contributed by atoms with Crippen molar-refractivity contribution in [3.05, 3.63) is 54.0 Å². The quantitative estimate of drug-likeness (QED) is 0.673. The number of hydrogen-bond donors (Lipinski definition) is 3. The maximum absolute atomic E-state index is 11.2. The van der Waals surface area contributed by atoms with E-state index in [0.717, 1.165) is 5.56 Å². The average Bonchev–Trinajstić information content (AvgIpc) is 2.61. The summed E-state index contributed by atoms with van der Waals surface area (Å²) in [7, 11) is 0. The Morgan fingerprint density at radius 1 is 1.24 bits per heavy atom. The summed E-state index contributed by atoms with van der Waals surface area (Å²) < 4.78 is 5.87. The molecule has 0 unspecified atom stereocenters. The second kappa shape index (κ2) is 7.58. The Morgan fingerprint density at radius 3 is 2.64 bits per heavy atom. The number of aliphatic hydroxyl groups excluding tert-OH is 1. The van der Waals surface area contributed by atoms with Crippen molar-refractivity contribution in [1.29, 1.82) is 0 Å². The number of rotatable bonds is 8. The predicted octanol–water partition coefficient (Wildman–Crippen LogP) is 1.94. The van der Waals surface area contributed by atoms with Gasteiger partial charge in [-0.1, -0.05) is 30.3 Å². The van der Waals surface area contributed by atoms with Gasteiger partial charge < -0.3 is 20.3 Å². The summed E-state index contributed by atoms with van der Waals surface area (Å²) in [5.41, 5.74) is 0.675. The SMILES string of the molecule is O=C(O)c1nccnc1NCC1(CO)CC(OCc2ccccc2)C1. The maximum Gasteiger partial charge on any atom is 0.358 e. The van der Waals surface area contributed by atoms with Crippen LogP contribution in [-0.4, -0.2) is 45.4 Å². The van der Waals surface area contributed by atoms with Gasteiger partial charge in [0.1, 0.15) is 0 Å². The number of carbonyl (C=O) groups is 1. The van der Waals surface area contributed by atoms with E-state index in [4.69, 9.17) is 9.84 Å². The topological polar surface area (TPSA) is 105 Å². The first-order valence-corrected chi connectivity index (χ1v) is 8.16. The molecule has 0 radical (unpaired) electrons. The van der Waals surface area contributed by atoms with E-state index in [1.807, 2.05) is 30.3 Å². The van der Waals surface area contributed by atoms with Gasteiger partial charge in [-0.15, -0.1) is 0 Å². The first kappa shape index (κ1) is 17.3. The molecule has 1 aliphatic carbocycles. The van der Waals surface area contributed by atoms with Crippen LogP contribution in [-0.2, 0) is 11.3 Å². The number of aromatic carboxylic acids is 1. The molecule has 0 atom stereocenters. The molecule has 1 heterocycles. The second-order valence-electron chi connectivity index (χ2n) is 6.40. The van der Waals surface area contributed by atoms with Gasteiger partial charge in [-0.05, 0) is 18.4 Å². The second-order valence-corrected chi connectivity index (χ2v) is 6.40. The fourth-order valence-electron chi connectivity index (χ4n) is 3.04. The fraction of sp³-hybridized carbons (Fsp3) is 0.389. The van der Waals surface area contributed by atoms with Crippen LogP contribution in [0.3, 0.4) is 0 Å². The summed E-state index contributed by atoms with van der Waals surface area (Å²) in [4.78, 5) is 19.0. The number of aliphatic hydroxyl groups is 1. The Bertz CT molecular complexity index is 717. The molecule has 1 saturated carbocycles. The molecule has 1 aliphatic rings. The molecule has 3 rings (SSSR count). The van der Waals surface area contributed by atoms with Crippen LogP contribution < -0.4 is 5.32 Å². The molecular formula is C18H21N3O4. The summed E-state index contributed by atoms with van der Waals surface area (Å²) >= 11 is 0. The molecule has 0 saturated heterocycles. The van der Waals surface area contributed by atoms with Gasteiger partial charge >= 0.3 is 5.97 Å². The van der Waals surface area contributed by atoms with E-state index in [1.54, 1.807) is 0 Å². The monoisotopic (exact) mass is 343 g/mol. The van der Waals surface area contributed by atoms with Crippen LogP contribution >= 0.6 is 0 Å². The molecule has 132 valence electrons. The minimum Gasteiger partial charge on any atom is -0.476 e. The minimum absolute atomic E-state index is 0.00780. The molecule has 0 bridgehead atoms. The van der Waals surface area contributed by atoms with Crippen molar-refractivity contribution in [1.82, 2.24) is 9.97 Å². The van der Waals surface area contributed by atoms with Gasteiger partial charge in [-0.2, -0.15) is 0 Å². The fourth-order valence-corrected chi connectivity index (χ4v) is 3.04. The number of ether oxygens (including phenoxy) is 1. The van der Waals surface area contributed by atoms with Crippen molar-refractivity contribution in [2.75, 3.05) is 18.5 Å². The van der Waals surface area contributed by atoms with Gasteiger partial charge in [-0.3, -0.25) is 0 Å². The molecular weight excluding hydrogens is 322 g/mol. The molecule has 0 aliphatic heterocycles. The summed E-state index contributed by atoms with van der Waals surface area (Å²) in [5.74, 6) is -0.914. The van der Waals surface area contributed by atoms with Crippen LogP contribution in [0.25, 0.3) is 0 Å². The Hall–Kier alpha value is -2.51. The van der Waals surface area contributed by atoms with Crippen molar-refractivity contribution in [3.63, 3.8) is 0 Å². The van der Waals surface area contributed by atoms with Gasteiger partial charge in [0.25, 0.3) is 0 Å². The lowest BCUT2D eigenvalue weighted by Crippen LogP contribution is -2.49. The van der Waals surface area contributed by atoms with Gasteiger partial charge in [0, 0.05) is 24.4 Å². The summed E-state index contributed by atoms with van der Waals surface area (Å²) in [6.07, 6.45) is 4.30. The number of benzene rings is 1. The lowest BCUT2D eigenvalue weighted by Gasteiger charge is -2.46. The highest BCUT2D eigenvalue weighted by Gasteiger charge is 2.44. The molecule has 7 heteroatoms. The smallest absolute Gasteiger partial charge is 0.358 e. The molecule has 0 spiro atoms. The van der Waals surface area contributed by atoms with Crippen molar-refractivity contribution in [2.45, 2.75) is 25.6 Å². The number of nitrogens with zero attached hydrogens (tertiary/aromatic N) is 2. The average molecular weight is 343 g/mol. The third-order valence-electron chi connectivity index (χ3n) is 4.52. The van der Waals surface area contributed by atoms with Crippen LogP contribution in [0.5, 0.6) is 0 Å². The predicted molar refractivity (Wildman–Crippen MR) is 91.3 cm³/mol. The largest absolute Gasteiger partial charge is 0.476 e. The van der Waals surface area contributed by atoms with E-state index >= 15 is 0 Å². The summed E-state index contributed by atoms with van der Waals surface area (Å²) in [6.45, 7) is 0.981. The molecule has 0 amide bonds. The normalized spacial score (nSPS) is 22.2. The third-order valence-corrected chi connectivity index (χ3v) is 4.52. The maximum atomic E-state index is 11.2. The summed E-state index contributed by atoms with van der Waals surface area (Å²) in [5, 5.41) is 21.9. The Balaban J connectivity index is 1.52. The van der Waals surface area contributed by atoms with Crippen molar-refractivity contribution < 1.29 is 19.7 Å². The molecule has 1 aromatic carbocycles. The van der Waals surface area contributed by atoms with E-state index in [-0.39, 0.29) is 29.6 Å². The zero-order valence-electron chi connectivity index (χ0n) is 13.8. The third kappa shape index (κ3) is 4.12. The lowest BCUT2D eigenvalue weighted by atomic mass is 9.67. The highest BCUT2D eigenvalue weighted by atomic mass is 16.5. The van der Waals surface area contributed by atoms with Crippen molar-refractivity contribution >= 4 is 11.8 Å². The summed E-state index contributed by atoms with van der Waals surface area (Å²) in [6, 6.07) is 9.94. The highest BCUT2D eigenvalue weighted by Crippen LogP contribution is 2.43. The van der Waals surface area contributed by atoms with E-state index in [2.05, 4.69) is 15.3 Å². The minimum atomic E-state index is -1.13. The molecule has 3 N–H and O–H groups in total. The van der Waals surface area contributed by atoms with Crippen molar-refractivity contribution in [3.8, 4) is 0 Å². The van der Waals surface area contributed by atoms with Crippen LogP contribution in [0.4, 0.5) is 5.82 Å². The number of carboxylic acids is 1. The lowest BCUT2D eigenvalue weighted by molar-refractivity contribution is -0.102. The molecule has 7 nitrogen and oxygen atoms in total. The van der Waals surface area contributed by atoms with Crippen LogP contribution in [0.15, 0.2) is 42.7 Å². The van der Waals surface area contributed by atoms with E-state index in [9.17, 15) is 9.90 Å². The molecule has 2 aromatic rings. The zero-order valence-corrected chi connectivity index (χ0v) is 13.8. The Labute approximate surface area is 145 Å². The number of anilines is 1. The number of hydrogen-bond acceptors (Lipinski definition) is 6. The first-order chi connectivity index (χ1) is 12.1. The van der Waals surface area contributed by atoms with Crippen LogP contribution in [0.1, 0.15) is 28.9 Å². The highest BCUT2D eigenvalue weighted by molar-refractivity contribution is 5.90. The number of aromatic nitrogens is 2. The molecule has 1 fully saturated rings. The first-order valence-electron chi connectivity index (χ1n) is 8.16. The Morgan fingerprint density at radius 2 is 1.96 bits per heavy atom. The Kier molecular flexibility index (Phi) is 5.25. The van der Waals surface area contributed by atoms with Crippen molar-refractivity contribution in [2.24, 2.45) is 5.41 Å². The number of nitrogens with one attached hydrogen (secondary N) is 1. The van der Waals surface area contributed by atoms with Gasteiger partial charge in [0.15, 0.2) is 11.5 Å². The standard InChI is InChI=1S/C18H21N3O4/c22-12-18(11-21-16-15(17(23)24)19-6-7-20-16)8-14(9-18)25-10-13-4-2-1-3-5-13/h1-7,14,22H,8-12H2,(H,20,21)(H,23,24).